The van der Waals surface area contributed by atoms with Gasteiger partial charge in [-0.25, -0.2) is 4.98 Å². The predicted molar refractivity (Wildman–Crippen MR) is 45.9 cm³/mol. The lowest BCUT2D eigenvalue weighted by Gasteiger charge is -2.18. The van der Waals surface area contributed by atoms with E-state index in [0.29, 0.717) is 5.56 Å². The monoisotopic (exact) mass is 160 g/mol. The summed E-state index contributed by atoms with van der Waals surface area (Å²) in [6, 6.07) is 3.85. The maximum atomic E-state index is 8.60. The molecular formula is C8H8N4. The van der Waals surface area contributed by atoms with Gasteiger partial charge in [0.05, 0.1) is 11.3 Å². The Kier molecular flexibility index (Phi) is 1.56. The van der Waals surface area contributed by atoms with E-state index >= 15 is 0 Å². The Labute approximate surface area is 70.2 Å². The Morgan fingerprint density at radius 2 is 2.25 bits per heavy atom. The number of nitriles is 1. The van der Waals surface area contributed by atoms with Crippen LogP contribution in [-0.2, 0) is 0 Å². The number of anilines is 2. The van der Waals surface area contributed by atoms with E-state index in [4.69, 9.17) is 5.26 Å². The van der Waals surface area contributed by atoms with Crippen molar-refractivity contribution >= 4 is 11.5 Å². The van der Waals surface area contributed by atoms with Gasteiger partial charge in [0.2, 0.25) is 0 Å². The molecule has 4 heteroatoms. The lowest BCUT2D eigenvalue weighted by atomic mass is 10.2. The molecule has 0 bridgehead atoms. The molecule has 1 aliphatic rings. The van der Waals surface area contributed by atoms with Crippen molar-refractivity contribution in [1.82, 2.24) is 4.98 Å². The van der Waals surface area contributed by atoms with Gasteiger partial charge in [-0.05, 0) is 6.07 Å². The summed E-state index contributed by atoms with van der Waals surface area (Å²) in [4.78, 5) is 4.09. The van der Waals surface area contributed by atoms with Gasteiger partial charge in [-0.2, -0.15) is 5.26 Å². The number of hydrogen-bond acceptors (Lipinski definition) is 4. The number of nitrogens with zero attached hydrogens (tertiary/aromatic N) is 2. The maximum absolute atomic E-state index is 8.60. The molecule has 1 aliphatic heterocycles. The van der Waals surface area contributed by atoms with Gasteiger partial charge in [0, 0.05) is 19.3 Å². The van der Waals surface area contributed by atoms with Gasteiger partial charge in [-0.15, -0.1) is 0 Å². The van der Waals surface area contributed by atoms with E-state index in [0.717, 1.165) is 24.6 Å². The smallest absolute Gasteiger partial charge is 0.149 e. The zero-order valence-corrected chi connectivity index (χ0v) is 6.46. The summed E-state index contributed by atoms with van der Waals surface area (Å²) in [6.45, 7) is 1.76. The first kappa shape index (κ1) is 6.92. The van der Waals surface area contributed by atoms with E-state index in [9.17, 15) is 0 Å². The van der Waals surface area contributed by atoms with Gasteiger partial charge in [0.1, 0.15) is 11.9 Å². The van der Waals surface area contributed by atoms with Crippen LogP contribution in [0, 0.1) is 11.3 Å². The Morgan fingerprint density at radius 1 is 1.42 bits per heavy atom. The second kappa shape index (κ2) is 2.70. The number of hydrogen-bond donors (Lipinski definition) is 2. The molecule has 0 atom stereocenters. The summed E-state index contributed by atoms with van der Waals surface area (Å²) >= 11 is 0. The Bertz CT molecular complexity index is 339. The molecule has 0 amide bonds. The molecule has 12 heavy (non-hydrogen) atoms. The van der Waals surface area contributed by atoms with Crippen molar-refractivity contribution in [2.45, 2.75) is 0 Å². The molecule has 0 aliphatic carbocycles. The molecule has 1 aromatic rings. The molecule has 2 heterocycles. The largest absolute Gasteiger partial charge is 0.380 e. The summed E-state index contributed by atoms with van der Waals surface area (Å²) in [5, 5.41) is 14.9. The molecule has 0 saturated carbocycles. The van der Waals surface area contributed by atoms with E-state index in [1.807, 2.05) is 6.07 Å². The van der Waals surface area contributed by atoms with Crippen LogP contribution in [0.25, 0.3) is 0 Å². The van der Waals surface area contributed by atoms with Gasteiger partial charge in [-0.3, -0.25) is 0 Å². The molecule has 0 spiro atoms. The lowest BCUT2D eigenvalue weighted by molar-refractivity contribution is 1.02. The molecule has 0 radical (unpaired) electrons. The minimum Gasteiger partial charge on any atom is -0.380 e. The number of nitrogens with one attached hydrogen (secondary N) is 2. The Hall–Kier alpha value is -1.76. The average molecular weight is 160 g/mol. The summed E-state index contributed by atoms with van der Waals surface area (Å²) < 4.78 is 0. The van der Waals surface area contributed by atoms with Crippen molar-refractivity contribution < 1.29 is 0 Å². The number of pyridine rings is 1. The molecule has 0 aromatic carbocycles. The second-order valence-electron chi connectivity index (χ2n) is 2.59. The van der Waals surface area contributed by atoms with E-state index in [2.05, 4.69) is 15.6 Å². The van der Waals surface area contributed by atoms with Crippen molar-refractivity contribution in [3.8, 4) is 6.07 Å². The van der Waals surface area contributed by atoms with E-state index in [1.165, 1.54) is 0 Å². The van der Waals surface area contributed by atoms with Gasteiger partial charge in [0.25, 0.3) is 0 Å². The van der Waals surface area contributed by atoms with Crippen molar-refractivity contribution in [2.24, 2.45) is 0 Å². The quantitative estimate of drug-likeness (QED) is 0.589. The molecular weight excluding hydrogens is 152 g/mol. The highest BCUT2D eigenvalue weighted by atomic mass is 15.1. The van der Waals surface area contributed by atoms with Crippen LogP contribution in [0.3, 0.4) is 0 Å². The Morgan fingerprint density at radius 3 is 3.08 bits per heavy atom. The molecule has 2 N–H and O–H groups in total. The minimum absolute atomic E-state index is 0.588. The average Bonchev–Trinajstić information content (AvgIpc) is 2.17. The normalized spacial score (nSPS) is 13.6. The fourth-order valence-electron chi connectivity index (χ4n) is 1.18. The van der Waals surface area contributed by atoms with E-state index < -0.39 is 0 Å². The topological polar surface area (TPSA) is 60.7 Å². The number of rotatable bonds is 0. The van der Waals surface area contributed by atoms with Crippen molar-refractivity contribution in [1.29, 1.82) is 5.26 Å². The zero-order valence-electron chi connectivity index (χ0n) is 6.46. The zero-order chi connectivity index (χ0) is 8.39. The van der Waals surface area contributed by atoms with Crippen LogP contribution in [-0.4, -0.2) is 18.1 Å². The van der Waals surface area contributed by atoms with Gasteiger partial charge in [-0.1, -0.05) is 0 Å². The first-order chi connectivity index (χ1) is 5.90. The van der Waals surface area contributed by atoms with Crippen LogP contribution in [0.2, 0.25) is 0 Å². The Balaban J connectivity index is 2.44. The molecule has 4 nitrogen and oxygen atoms in total. The highest BCUT2D eigenvalue weighted by molar-refractivity contribution is 5.67. The third-order valence-electron chi connectivity index (χ3n) is 1.75. The first-order valence-corrected chi connectivity index (χ1v) is 3.78. The van der Waals surface area contributed by atoms with Crippen LogP contribution in [0.4, 0.5) is 11.5 Å². The van der Waals surface area contributed by atoms with E-state index in [1.54, 1.807) is 12.3 Å². The molecule has 2 rings (SSSR count). The van der Waals surface area contributed by atoms with Crippen molar-refractivity contribution in [3.63, 3.8) is 0 Å². The molecule has 0 fully saturated rings. The highest BCUT2D eigenvalue weighted by Gasteiger charge is 2.08. The summed E-state index contributed by atoms with van der Waals surface area (Å²) in [7, 11) is 0. The fourth-order valence-corrected chi connectivity index (χ4v) is 1.18. The van der Waals surface area contributed by atoms with Gasteiger partial charge < -0.3 is 10.6 Å². The summed E-state index contributed by atoms with van der Waals surface area (Å²) in [6.07, 6.45) is 1.57. The third-order valence-corrected chi connectivity index (χ3v) is 1.75. The molecule has 0 unspecified atom stereocenters. The minimum atomic E-state index is 0.588. The van der Waals surface area contributed by atoms with Gasteiger partial charge in [0.15, 0.2) is 0 Å². The van der Waals surface area contributed by atoms with Crippen molar-refractivity contribution in [2.75, 3.05) is 23.7 Å². The second-order valence-corrected chi connectivity index (χ2v) is 2.59. The highest BCUT2D eigenvalue weighted by Crippen LogP contribution is 2.21. The first-order valence-electron chi connectivity index (χ1n) is 3.78. The SMILES string of the molecule is N#Cc1cnc2c(c1)NCCN2. The molecule has 60 valence electrons. The lowest BCUT2D eigenvalue weighted by Crippen LogP contribution is -2.21. The summed E-state index contributed by atoms with van der Waals surface area (Å²) in [5.41, 5.74) is 1.50. The number of fused-ring (bicyclic) bond motifs is 1. The van der Waals surface area contributed by atoms with Crippen LogP contribution in [0.15, 0.2) is 12.3 Å². The predicted octanol–water partition coefficient (Wildman–Crippen LogP) is 0.791. The molecule has 1 aromatic heterocycles. The van der Waals surface area contributed by atoms with E-state index in [-0.39, 0.29) is 0 Å². The van der Waals surface area contributed by atoms with Crippen LogP contribution in [0.1, 0.15) is 5.56 Å². The van der Waals surface area contributed by atoms with Crippen LogP contribution >= 0.6 is 0 Å². The van der Waals surface area contributed by atoms with Crippen LogP contribution < -0.4 is 10.6 Å². The maximum Gasteiger partial charge on any atom is 0.149 e. The standard InChI is InChI=1S/C8H8N4/c9-4-6-3-7-8(12-5-6)11-2-1-10-7/h3,5,10H,1-2H2,(H,11,12). The van der Waals surface area contributed by atoms with Crippen molar-refractivity contribution in [3.05, 3.63) is 17.8 Å². The third kappa shape index (κ3) is 1.05. The van der Waals surface area contributed by atoms with Crippen LogP contribution in [0.5, 0.6) is 0 Å². The fraction of sp³-hybridized carbons (Fsp3) is 0.250. The van der Waals surface area contributed by atoms with Gasteiger partial charge >= 0.3 is 0 Å². The molecule has 0 saturated heterocycles. The number of aromatic nitrogens is 1. The summed E-state index contributed by atoms with van der Waals surface area (Å²) in [5.74, 6) is 0.834.